The lowest BCUT2D eigenvalue weighted by molar-refractivity contribution is -0.136. The van der Waals surface area contributed by atoms with E-state index in [0.29, 0.717) is 18.6 Å². The Balaban J connectivity index is 0.00000196. The monoisotopic (exact) mass is 381 g/mol. The van der Waals surface area contributed by atoms with E-state index in [-0.39, 0.29) is 30.2 Å². The van der Waals surface area contributed by atoms with Crippen LogP contribution in [0.25, 0.3) is 0 Å². The molecule has 1 aromatic rings. The first-order valence-corrected chi connectivity index (χ1v) is 9.74. The Bertz CT molecular complexity index is 619. The third-order valence-corrected chi connectivity index (χ3v) is 5.87. The molecule has 4 nitrogen and oxygen atoms in total. The zero-order valence-corrected chi connectivity index (χ0v) is 16.0. The predicted octanol–water partition coefficient (Wildman–Crippen LogP) is 3.13. The Kier molecular flexibility index (Phi) is 6.54. The number of nitrogens with zero attached hydrogens (tertiary/aromatic N) is 2. The molecule has 2 aliphatic carbocycles. The Hall–Kier alpha value is -1.17. The molecule has 1 unspecified atom stereocenters. The van der Waals surface area contributed by atoms with E-state index in [9.17, 15) is 9.18 Å². The molecule has 4 rings (SSSR count). The maximum absolute atomic E-state index is 13.6. The molecule has 2 saturated carbocycles. The van der Waals surface area contributed by atoms with Gasteiger partial charge in [0.1, 0.15) is 5.82 Å². The molecule has 0 aromatic heterocycles. The second kappa shape index (κ2) is 8.68. The van der Waals surface area contributed by atoms with Crippen LogP contribution in [0.2, 0.25) is 0 Å². The van der Waals surface area contributed by atoms with Gasteiger partial charge in [-0.05, 0) is 43.4 Å². The van der Waals surface area contributed by atoms with Crippen LogP contribution in [-0.4, -0.2) is 54.0 Å². The summed E-state index contributed by atoms with van der Waals surface area (Å²) in [5.41, 5.74) is 0.957. The van der Waals surface area contributed by atoms with Crippen molar-refractivity contribution in [1.82, 2.24) is 15.1 Å². The number of amides is 1. The van der Waals surface area contributed by atoms with Gasteiger partial charge < -0.3 is 10.2 Å². The minimum atomic E-state index is -0.208. The lowest BCUT2D eigenvalue weighted by Crippen LogP contribution is -2.52. The SMILES string of the molecule is Cl.O=C(CN1CCNCC1c1cccc(F)c1)N(C1CCCC1)C1CC1. The number of halogens is 2. The number of piperazine rings is 1. The largest absolute Gasteiger partial charge is 0.336 e. The van der Waals surface area contributed by atoms with E-state index in [0.717, 1.165) is 50.9 Å². The van der Waals surface area contributed by atoms with Gasteiger partial charge in [-0.15, -0.1) is 12.4 Å². The highest BCUT2D eigenvalue weighted by atomic mass is 35.5. The normalized spacial score (nSPS) is 24.3. The molecule has 0 radical (unpaired) electrons. The van der Waals surface area contributed by atoms with Crippen molar-refractivity contribution in [3.63, 3.8) is 0 Å². The number of carbonyl (C=O) groups excluding carboxylic acids is 1. The van der Waals surface area contributed by atoms with E-state index in [4.69, 9.17) is 0 Å². The van der Waals surface area contributed by atoms with Gasteiger partial charge in [-0.1, -0.05) is 25.0 Å². The van der Waals surface area contributed by atoms with Crippen molar-refractivity contribution >= 4 is 18.3 Å². The van der Waals surface area contributed by atoms with E-state index in [2.05, 4.69) is 15.1 Å². The van der Waals surface area contributed by atoms with Crippen LogP contribution in [0, 0.1) is 5.82 Å². The predicted molar refractivity (Wildman–Crippen MR) is 103 cm³/mol. The summed E-state index contributed by atoms with van der Waals surface area (Å²) >= 11 is 0. The van der Waals surface area contributed by atoms with Crippen LogP contribution in [0.5, 0.6) is 0 Å². The van der Waals surface area contributed by atoms with Crippen molar-refractivity contribution < 1.29 is 9.18 Å². The van der Waals surface area contributed by atoms with Crippen molar-refractivity contribution in [2.24, 2.45) is 0 Å². The molecular formula is C20H29ClFN3O. The Morgan fingerprint density at radius 3 is 2.62 bits per heavy atom. The fourth-order valence-electron chi connectivity index (χ4n) is 4.47. The van der Waals surface area contributed by atoms with Crippen molar-refractivity contribution in [3.8, 4) is 0 Å². The third-order valence-electron chi connectivity index (χ3n) is 5.87. The van der Waals surface area contributed by atoms with Crippen molar-refractivity contribution in [2.45, 2.75) is 56.7 Å². The highest BCUT2D eigenvalue weighted by Crippen LogP contribution is 2.35. The lowest BCUT2D eigenvalue weighted by atomic mass is 10.0. The van der Waals surface area contributed by atoms with E-state index in [1.807, 2.05) is 6.07 Å². The van der Waals surface area contributed by atoms with Gasteiger partial charge in [-0.25, -0.2) is 4.39 Å². The second-order valence-corrected chi connectivity index (χ2v) is 7.72. The average Bonchev–Trinajstić information content (AvgIpc) is 3.29. The van der Waals surface area contributed by atoms with Crippen LogP contribution in [0.4, 0.5) is 4.39 Å². The van der Waals surface area contributed by atoms with Gasteiger partial charge in [0, 0.05) is 37.8 Å². The number of hydrogen-bond acceptors (Lipinski definition) is 3. The van der Waals surface area contributed by atoms with Crippen molar-refractivity contribution in [2.75, 3.05) is 26.2 Å². The highest BCUT2D eigenvalue weighted by Gasteiger charge is 2.39. The first-order valence-electron chi connectivity index (χ1n) is 9.74. The van der Waals surface area contributed by atoms with Gasteiger partial charge in [0.15, 0.2) is 0 Å². The van der Waals surface area contributed by atoms with Crippen LogP contribution in [0.15, 0.2) is 24.3 Å². The summed E-state index contributed by atoms with van der Waals surface area (Å²) < 4.78 is 13.6. The van der Waals surface area contributed by atoms with Crippen molar-refractivity contribution in [1.29, 1.82) is 0 Å². The fourth-order valence-corrected chi connectivity index (χ4v) is 4.47. The zero-order chi connectivity index (χ0) is 17.2. The number of rotatable bonds is 5. The molecule has 1 N–H and O–H groups in total. The highest BCUT2D eigenvalue weighted by molar-refractivity contribution is 5.85. The number of carbonyl (C=O) groups is 1. The third kappa shape index (κ3) is 4.38. The van der Waals surface area contributed by atoms with Gasteiger partial charge in [0.05, 0.1) is 6.54 Å². The van der Waals surface area contributed by atoms with Crippen LogP contribution in [-0.2, 0) is 4.79 Å². The fraction of sp³-hybridized carbons (Fsp3) is 0.650. The van der Waals surface area contributed by atoms with Gasteiger partial charge in [-0.2, -0.15) is 0 Å². The minimum absolute atomic E-state index is 0. The van der Waals surface area contributed by atoms with Crippen LogP contribution in [0.1, 0.15) is 50.1 Å². The maximum Gasteiger partial charge on any atom is 0.237 e. The van der Waals surface area contributed by atoms with Gasteiger partial charge >= 0.3 is 0 Å². The number of nitrogens with one attached hydrogen (secondary N) is 1. The molecule has 1 aliphatic heterocycles. The summed E-state index contributed by atoms with van der Waals surface area (Å²) in [6.45, 7) is 2.93. The number of benzene rings is 1. The summed E-state index contributed by atoms with van der Waals surface area (Å²) in [7, 11) is 0. The molecule has 3 fully saturated rings. The molecule has 1 aromatic carbocycles. The lowest BCUT2D eigenvalue weighted by Gasteiger charge is -2.38. The van der Waals surface area contributed by atoms with Crippen molar-refractivity contribution in [3.05, 3.63) is 35.6 Å². The standard InChI is InChI=1S/C20H28FN3O.ClH/c21-16-5-3-4-15(12-16)19-13-22-10-11-23(19)14-20(25)24(18-8-9-18)17-6-1-2-7-17;/h3-5,12,17-19,22H,1-2,6-11,13-14H2;1H. The second-order valence-electron chi connectivity index (χ2n) is 7.72. The molecule has 1 amide bonds. The van der Waals surface area contributed by atoms with Crippen LogP contribution < -0.4 is 5.32 Å². The van der Waals surface area contributed by atoms with Gasteiger partial charge in [-0.3, -0.25) is 9.69 Å². The molecule has 144 valence electrons. The van der Waals surface area contributed by atoms with E-state index < -0.39 is 0 Å². The van der Waals surface area contributed by atoms with E-state index >= 15 is 0 Å². The summed E-state index contributed by atoms with van der Waals surface area (Å²) in [4.78, 5) is 17.6. The molecule has 6 heteroatoms. The summed E-state index contributed by atoms with van der Waals surface area (Å²) in [6.07, 6.45) is 7.16. The summed E-state index contributed by atoms with van der Waals surface area (Å²) in [5.74, 6) is 0.0672. The molecular weight excluding hydrogens is 353 g/mol. The van der Waals surface area contributed by atoms with E-state index in [1.165, 1.54) is 18.9 Å². The van der Waals surface area contributed by atoms with E-state index in [1.54, 1.807) is 12.1 Å². The van der Waals surface area contributed by atoms with Crippen LogP contribution in [0.3, 0.4) is 0 Å². The molecule has 26 heavy (non-hydrogen) atoms. The summed E-state index contributed by atoms with van der Waals surface area (Å²) in [6, 6.07) is 7.80. The Labute approximate surface area is 161 Å². The Morgan fingerprint density at radius 1 is 1.19 bits per heavy atom. The van der Waals surface area contributed by atoms with Crippen LogP contribution >= 0.6 is 12.4 Å². The molecule has 1 saturated heterocycles. The average molecular weight is 382 g/mol. The molecule has 0 spiro atoms. The first-order chi connectivity index (χ1) is 12.2. The summed E-state index contributed by atoms with van der Waals surface area (Å²) in [5, 5.41) is 3.39. The maximum atomic E-state index is 13.6. The smallest absolute Gasteiger partial charge is 0.237 e. The quantitative estimate of drug-likeness (QED) is 0.851. The molecule has 1 heterocycles. The molecule has 3 aliphatic rings. The Morgan fingerprint density at radius 2 is 1.92 bits per heavy atom. The van der Waals surface area contributed by atoms with Gasteiger partial charge in [0.2, 0.25) is 5.91 Å². The first kappa shape index (κ1) is 19.6. The topological polar surface area (TPSA) is 35.6 Å². The van der Waals surface area contributed by atoms with Gasteiger partial charge in [0.25, 0.3) is 0 Å². The zero-order valence-electron chi connectivity index (χ0n) is 15.2. The molecule has 0 bridgehead atoms. The molecule has 1 atom stereocenters. The number of hydrogen-bond donors (Lipinski definition) is 1. The minimum Gasteiger partial charge on any atom is -0.336 e.